The molecule has 0 spiro atoms. The van der Waals surface area contributed by atoms with Crippen molar-refractivity contribution >= 4 is 46.2 Å². The second kappa shape index (κ2) is 6.57. The number of nitrogens with zero attached hydrogens (tertiary/aromatic N) is 1. The molecule has 0 saturated carbocycles. The van der Waals surface area contributed by atoms with E-state index in [1.54, 1.807) is 6.07 Å². The Labute approximate surface area is 134 Å². The Kier molecular flexibility index (Phi) is 5.03. The van der Waals surface area contributed by atoms with Crippen molar-refractivity contribution in [2.24, 2.45) is 0 Å². The molecule has 2 nitrogen and oxygen atoms in total. The highest BCUT2D eigenvalue weighted by Crippen LogP contribution is 2.33. The van der Waals surface area contributed by atoms with Crippen LogP contribution in [-0.4, -0.2) is 14.1 Å². The molecular formula is C15H15Cl3N2. The fourth-order valence-electron chi connectivity index (χ4n) is 1.97. The quantitative estimate of drug-likeness (QED) is 0.816. The normalized spacial score (nSPS) is 10.4. The second-order valence-corrected chi connectivity index (χ2v) is 5.87. The summed E-state index contributed by atoms with van der Waals surface area (Å²) in [4.78, 5) is 1.98. The molecule has 0 aliphatic carbocycles. The first-order valence-corrected chi connectivity index (χ1v) is 7.26. The first kappa shape index (κ1) is 15.3. The van der Waals surface area contributed by atoms with Crippen molar-refractivity contribution in [3.05, 3.63) is 57.0 Å². The Bertz CT molecular complexity index is 612. The van der Waals surface area contributed by atoms with Gasteiger partial charge in [-0.2, -0.15) is 0 Å². The number of hydrogen-bond acceptors (Lipinski definition) is 2. The van der Waals surface area contributed by atoms with Crippen LogP contribution >= 0.6 is 34.8 Å². The highest BCUT2D eigenvalue weighted by atomic mass is 35.5. The van der Waals surface area contributed by atoms with Crippen LogP contribution in [0.25, 0.3) is 0 Å². The second-order valence-electron chi connectivity index (χ2n) is 4.62. The summed E-state index contributed by atoms with van der Waals surface area (Å²) in [5.74, 6) is 0. The molecular weight excluding hydrogens is 315 g/mol. The molecule has 0 bridgehead atoms. The zero-order valence-electron chi connectivity index (χ0n) is 11.3. The standard InChI is InChI=1S/C15H15Cl3N2/c1-20(2)15-12(17)4-3-5-14(15)19-9-10-6-7-11(16)8-13(10)18/h3-8,19H,9H2,1-2H3. The van der Waals surface area contributed by atoms with E-state index in [0.717, 1.165) is 16.9 Å². The largest absolute Gasteiger partial charge is 0.379 e. The molecule has 20 heavy (non-hydrogen) atoms. The van der Waals surface area contributed by atoms with Crippen LogP contribution in [0.1, 0.15) is 5.56 Å². The number of halogens is 3. The maximum Gasteiger partial charge on any atom is 0.0786 e. The van der Waals surface area contributed by atoms with Crippen LogP contribution in [0, 0.1) is 0 Å². The third-order valence-corrected chi connectivity index (χ3v) is 3.81. The molecule has 2 aromatic rings. The van der Waals surface area contributed by atoms with Crippen molar-refractivity contribution in [2.75, 3.05) is 24.3 Å². The van der Waals surface area contributed by atoms with Crippen molar-refractivity contribution in [3.8, 4) is 0 Å². The molecule has 2 rings (SSSR count). The predicted octanol–water partition coefficient (Wildman–Crippen LogP) is 5.32. The van der Waals surface area contributed by atoms with Gasteiger partial charge in [-0.1, -0.05) is 46.9 Å². The van der Waals surface area contributed by atoms with E-state index in [4.69, 9.17) is 34.8 Å². The lowest BCUT2D eigenvalue weighted by atomic mass is 10.2. The SMILES string of the molecule is CN(C)c1c(Cl)cccc1NCc1ccc(Cl)cc1Cl. The minimum Gasteiger partial charge on any atom is -0.379 e. The van der Waals surface area contributed by atoms with Gasteiger partial charge in [0.25, 0.3) is 0 Å². The van der Waals surface area contributed by atoms with Crippen LogP contribution in [0.3, 0.4) is 0 Å². The van der Waals surface area contributed by atoms with E-state index in [0.29, 0.717) is 21.6 Å². The maximum atomic E-state index is 6.23. The van der Waals surface area contributed by atoms with E-state index in [1.165, 1.54) is 0 Å². The van der Waals surface area contributed by atoms with Gasteiger partial charge in [-0.25, -0.2) is 0 Å². The number of rotatable bonds is 4. The molecule has 0 fully saturated rings. The van der Waals surface area contributed by atoms with Crippen molar-refractivity contribution in [1.82, 2.24) is 0 Å². The first-order valence-electron chi connectivity index (χ1n) is 6.12. The summed E-state index contributed by atoms with van der Waals surface area (Å²) in [6.45, 7) is 0.608. The number of para-hydroxylation sites is 1. The molecule has 0 saturated heterocycles. The molecule has 0 atom stereocenters. The summed E-state index contributed by atoms with van der Waals surface area (Å²) in [5.41, 5.74) is 2.91. The van der Waals surface area contributed by atoms with E-state index >= 15 is 0 Å². The molecule has 0 radical (unpaired) electrons. The van der Waals surface area contributed by atoms with Crippen LogP contribution in [0.2, 0.25) is 15.1 Å². The van der Waals surface area contributed by atoms with E-state index in [2.05, 4.69) is 5.32 Å². The van der Waals surface area contributed by atoms with Crippen molar-refractivity contribution in [3.63, 3.8) is 0 Å². The highest BCUT2D eigenvalue weighted by molar-refractivity contribution is 6.35. The third kappa shape index (κ3) is 3.51. The van der Waals surface area contributed by atoms with Crippen molar-refractivity contribution < 1.29 is 0 Å². The molecule has 0 heterocycles. The summed E-state index contributed by atoms with van der Waals surface area (Å²) in [6.07, 6.45) is 0. The Morgan fingerprint density at radius 3 is 2.40 bits per heavy atom. The maximum absolute atomic E-state index is 6.23. The monoisotopic (exact) mass is 328 g/mol. The molecule has 2 aromatic carbocycles. The van der Waals surface area contributed by atoms with Gasteiger partial charge in [0.1, 0.15) is 0 Å². The van der Waals surface area contributed by atoms with Crippen molar-refractivity contribution in [1.29, 1.82) is 0 Å². The minimum atomic E-state index is 0.608. The van der Waals surface area contributed by atoms with E-state index < -0.39 is 0 Å². The molecule has 1 N–H and O–H groups in total. The van der Waals surface area contributed by atoms with Crippen LogP contribution < -0.4 is 10.2 Å². The number of benzene rings is 2. The third-order valence-electron chi connectivity index (χ3n) is 2.92. The van der Waals surface area contributed by atoms with Crippen LogP contribution in [0.4, 0.5) is 11.4 Å². The smallest absolute Gasteiger partial charge is 0.0786 e. The lowest BCUT2D eigenvalue weighted by molar-refractivity contribution is 1.10. The predicted molar refractivity (Wildman–Crippen MR) is 89.6 cm³/mol. The molecule has 106 valence electrons. The van der Waals surface area contributed by atoms with Crippen LogP contribution in [0.5, 0.6) is 0 Å². The Morgan fingerprint density at radius 2 is 1.75 bits per heavy atom. The van der Waals surface area contributed by atoms with Gasteiger partial charge in [0.05, 0.1) is 16.4 Å². The summed E-state index contributed by atoms with van der Waals surface area (Å²) in [6, 6.07) is 11.3. The topological polar surface area (TPSA) is 15.3 Å². The summed E-state index contributed by atoms with van der Waals surface area (Å²) >= 11 is 18.3. The summed E-state index contributed by atoms with van der Waals surface area (Å²) < 4.78 is 0. The summed E-state index contributed by atoms with van der Waals surface area (Å²) in [5, 5.41) is 5.35. The van der Waals surface area contributed by atoms with Crippen LogP contribution in [0.15, 0.2) is 36.4 Å². The number of anilines is 2. The zero-order valence-corrected chi connectivity index (χ0v) is 13.5. The van der Waals surface area contributed by atoms with Gasteiger partial charge in [-0.15, -0.1) is 0 Å². The zero-order chi connectivity index (χ0) is 14.7. The van der Waals surface area contributed by atoms with Crippen molar-refractivity contribution in [2.45, 2.75) is 6.54 Å². The Hall–Kier alpha value is -1.09. The minimum absolute atomic E-state index is 0.608. The first-order chi connectivity index (χ1) is 9.49. The average Bonchev–Trinajstić information content (AvgIpc) is 2.37. The fourth-order valence-corrected chi connectivity index (χ4v) is 2.79. The highest BCUT2D eigenvalue weighted by Gasteiger charge is 2.09. The average molecular weight is 330 g/mol. The van der Waals surface area contributed by atoms with Gasteiger partial charge in [0.2, 0.25) is 0 Å². The Balaban J connectivity index is 2.21. The van der Waals surface area contributed by atoms with Gasteiger partial charge >= 0.3 is 0 Å². The van der Waals surface area contributed by atoms with E-state index in [9.17, 15) is 0 Å². The molecule has 0 unspecified atom stereocenters. The molecule has 0 aliphatic rings. The van der Waals surface area contributed by atoms with E-state index in [1.807, 2.05) is 49.3 Å². The molecule has 0 amide bonds. The number of nitrogens with one attached hydrogen (secondary N) is 1. The van der Waals surface area contributed by atoms with Gasteiger partial charge in [0.15, 0.2) is 0 Å². The van der Waals surface area contributed by atoms with Crippen LogP contribution in [-0.2, 0) is 6.54 Å². The Morgan fingerprint density at radius 1 is 1.00 bits per heavy atom. The molecule has 0 aromatic heterocycles. The molecule has 0 aliphatic heterocycles. The summed E-state index contributed by atoms with van der Waals surface area (Å²) in [7, 11) is 3.92. The molecule has 5 heteroatoms. The van der Waals surface area contributed by atoms with Gasteiger partial charge in [-0.3, -0.25) is 0 Å². The van der Waals surface area contributed by atoms with Gasteiger partial charge in [0, 0.05) is 30.7 Å². The van der Waals surface area contributed by atoms with Gasteiger partial charge in [-0.05, 0) is 29.8 Å². The van der Waals surface area contributed by atoms with Gasteiger partial charge < -0.3 is 10.2 Å². The lowest BCUT2D eigenvalue weighted by Gasteiger charge is -2.20. The fraction of sp³-hybridized carbons (Fsp3) is 0.200. The van der Waals surface area contributed by atoms with E-state index in [-0.39, 0.29) is 0 Å². The number of hydrogen-bond donors (Lipinski definition) is 1. The lowest BCUT2D eigenvalue weighted by Crippen LogP contribution is -2.12.